The first-order chi connectivity index (χ1) is 9.54. The lowest BCUT2D eigenvalue weighted by molar-refractivity contribution is 0.179. The molecule has 0 aromatic rings. The number of hydrogen-bond acceptors (Lipinski definition) is 4. The van der Waals surface area contributed by atoms with Gasteiger partial charge in [0.1, 0.15) is 5.54 Å². The Morgan fingerprint density at radius 3 is 2.70 bits per heavy atom. The molecule has 2 unspecified atom stereocenters. The maximum atomic E-state index is 9.15. The van der Waals surface area contributed by atoms with Gasteiger partial charge in [0.25, 0.3) is 0 Å². The SMILES string of the molecule is CCC1CN(C)CCCN1CCCCC(C)(C#N)NC. The fourth-order valence-corrected chi connectivity index (χ4v) is 3.00. The van der Waals surface area contributed by atoms with Crippen LogP contribution in [0, 0.1) is 11.3 Å². The van der Waals surface area contributed by atoms with Crippen LogP contribution in [0.3, 0.4) is 0 Å². The van der Waals surface area contributed by atoms with E-state index in [9.17, 15) is 0 Å². The van der Waals surface area contributed by atoms with Crippen LogP contribution in [0.25, 0.3) is 0 Å². The Bertz CT molecular complexity index is 312. The molecule has 0 saturated carbocycles. The van der Waals surface area contributed by atoms with Gasteiger partial charge in [-0.05, 0) is 72.8 Å². The van der Waals surface area contributed by atoms with Crippen LogP contribution in [-0.2, 0) is 0 Å². The smallest absolute Gasteiger partial charge is 0.103 e. The van der Waals surface area contributed by atoms with Gasteiger partial charge in [0, 0.05) is 12.6 Å². The van der Waals surface area contributed by atoms with Gasteiger partial charge in [-0.2, -0.15) is 5.26 Å². The normalized spacial score (nSPS) is 24.9. The van der Waals surface area contributed by atoms with Gasteiger partial charge in [-0.25, -0.2) is 0 Å². The second-order valence-electron chi connectivity index (χ2n) is 6.36. The Morgan fingerprint density at radius 1 is 1.35 bits per heavy atom. The molecule has 0 aliphatic carbocycles. The summed E-state index contributed by atoms with van der Waals surface area (Å²) < 4.78 is 0. The van der Waals surface area contributed by atoms with Gasteiger partial charge in [0.15, 0.2) is 0 Å². The van der Waals surface area contributed by atoms with Crippen LogP contribution in [-0.4, -0.2) is 61.7 Å². The van der Waals surface area contributed by atoms with Crippen LogP contribution < -0.4 is 5.32 Å². The largest absolute Gasteiger partial charge is 0.305 e. The molecule has 1 saturated heterocycles. The molecule has 1 fully saturated rings. The van der Waals surface area contributed by atoms with Crippen molar-refractivity contribution in [3.8, 4) is 6.07 Å². The number of nitriles is 1. The van der Waals surface area contributed by atoms with E-state index in [2.05, 4.69) is 35.2 Å². The lowest BCUT2D eigenvalue weighted by Crippen LogP contribution is -2.41. The van der Waals surface area contributed by atoms with E-state index < -0.39 is 0 Å². The molecule has 4 heteroatoms. The van der Waals surface area contributed by atoms with Crippen molar-refractivity contribution in [3.63, 3.8) is 0 Å². The summed E-state index contributed by atoms with van der Waals surface area (Å²) in [6.07, 6.45) is 5.76. The standard InChI is InChI=1S/C16H32N4/c1-5-15-13-19(4)10-8-12-20(15)11-7-6-9-16(2,14-17)18-3/h15,18H,5-13H2,1-4H3. The van der Waals surface area contributed by atoms with E-state index in [0.717, 1.165) is 12.8 Å². The predicted molar refractivity (Wildman–Crippen MR) is 84.7 cm³/mol. The molecule has 1 aliphatic heterocycles. The van der Waals surface area contributed by atoms with Crippen molar-refractivity contribution < 1.29 is 0 Å². The molecule has 1 rings (SSSR count). The van der Waals surface area contributed by atoms with E-state index in [4.69, 9.17) is 5.26 Å². The van der Waals surface area contributed by atoms with Crippen LogP contribution in [0.2, 0.25) is 0 Å². The number of unbranched alkanes of at least 4 members (excludes halogenated alkanes) is 1. The van der Waals surface area contributed by atoms with Gasteiger partial charge in [0.05, 0.1) is 6.07 Å². The molecule has 2 atom stereocenters. The summed E-state index contributed by atoms with van der Waals surface area (Å²) in [5.41, 5.74) is -0.358. The van der Waals surface area contributed by atoms with Crippen LogP contribution in [0.1, 0.15) is 46.0 Å². The van der Waals surface area contributed by atoms with Crippen LogP contribution >= 0.6 is 0 Å². The molecular formula is C16H32N4. The molecule has 1 aliphatic rings. The fraction of sp³-hybridized carbons (Fsp3) is 0.938. The Labute approximate surface area is 125 Å². The van der Waals surface area contributed by atoms with Gasteiger partial charge in [-0.3, -0.25) is 4.90 Å². The van der Waals surface area contributed by atoms with Crippen molar-refractivity contribution in [2.75, 3.05) is 40.3 Å². The van der Waals surface area contributed by atoms with Crippen molar-refractivity contribution in [2.24, 2.45) is 0 Å². The fourth-order valence-electron chi connectivity index (χ4n) is 3.00. The second-order valence-corrected chi connectivity index (χ2v) is 6.36. The molecule has 1 N–H and O–H groups in total. The molecule has 4 nitrogen and oxygen atoms in total. The number of nitrogens with one attached hydrogen (secondary N) is 1. The predicted octanol–water partition coefficient (Wildman–Crippen LogP) is 2.07. The molecule has 0 amide bonds. The molecule has 116 valence electrons. The average Bonchev–Trinajstić information content (AvgIpc) is 2.64. The first-order valence-corrected chi connectivity index (χ1v) is 8.07. The van der Waals surface area contributed by atoms with Gasteiger partial charge >= 0.3 is 0 Å². The van der Waals surface area contributed by atoms with E-state index in [-0.39, 0.29) is 5.54 Å². The molecule has 0 aromatic carbocycles. The van der Waals surface area contributed by atoms with Crippen LogP contribution in [0.15, 0.2) is 0 Å². The first kappa shape index (κ1) is 17.4. The molecular weight excluding hydrogens is 248 g/mol. The Morgan fingerprint density at radius 2 is 2.10 bits per heavy atom. The van der Waals surface area contributed by atoms with Crippen molar-refractivity contribution in [1.29, 1.82) is 5.26 Å². The summed E-state index contributed by atoms with van der Waals surface area (Å²) in [5.74, 6) is 0. The van der Waals surface area contributed by atoms with E-state index in [0.29, 0.717) is 6.04 Å². The van der Waals surface area contributed by atoms with E-state index in [1.54, 1.807) is 0 Å². The van der Waals surface area contributed by atoms with Crippen molar-refractivity contribution >= 4 is 0 Å². The number of nitrogens with zero attached hydrogens (tertiary/aromatic N) is 3. The Kier molecular flexibility index (Phi) is 7.50. The average molecular weight is 280 g/mol. The molecule has 0 aromatic heterocycles. The lowest BCUT2D eigenvalue weighted by atomic mass is 9.97. The molecule has 20 heavy (non-hydrogen) atoms. The minimum Gasteiger partial charge on any atom is -0.305 e. The maximum Gasteiger partial charge on any atom is 0.103 e. The summed E-state index contributed by atoms with van der Waals surface area (Å²) in [5, 5.41) is 12.3. The molecule has 0 bridgehead atoms. The number of rotatable bonds is 7. The molecule has 0 radical (unpaired) electrons. The highest BCUT2D eigenvalue weighted by Crippen LogP contribution is 2.16. The zero-order valence-corrected chi connectivity index (χ0v) is 13.8. The third kappa shape index (κ3) is 5.40. The summed E-state index contributed by atoms with van der Waals surface area (Å²) in [6.45, 7) is 9.11. The zero-order chi connectivity index (χ0) is 15.0. The van der Waals surface area contributed by atoms with Crippen molar-refractivity contribution in [3.05, 3.63) is 0 Å². The highest BCUT2D eigenvalue weighted by Gasteiger charge is 2.23. The summed E-state index contributed by atoms with van der Waals surface area (Å²) >= 11 is 0. The third-order valence-corrected chi connectivity index (χ3v) is 4.67. The van der Waals surface area contributed by atoms with E-state index >= 15 is 0 Å². The van der Waals surface area contributed by atoms with Crippen molar-refractivity contribution in [2.45, 2.75) is 57.5 Å². The number of likely N-dealkylation sites (N-methyl/N-ethyl adjacent to an activating group) is 1. The lowest BCUT2D eigenvalue weighted by Gasteiger charge is -2.30. The van der Waals surface area contributed by atoms with Gasteiger partial charge in [0.2, 0.25) is 0 Å². The summed E-state index contributed by atoms with van der Waals surface area (Å²) in [6, 6.07) is 3.07. The minimum atomic E-state index is -0.358. The summed E-state index contributed by atoms with van der Waals surface area (Å²) in [7, 11) is 4.11. The van der Waals surface area contributed by atoms with E-state index in [1.807, 2.05) is 14.0 Å². The third-order valence-electron chi connectivity index (χ3n) is 4.67. The molecule has 0 spiro atoms. The quantitative estimate of drug-likeness (QED) is 0.725. The Hall–Kier alpha value is -0.630. The monoisotopic (exact) mass is 280 g/mol. The maximum absolute atomic E-state index is 9.15. The zero-order valence-electron chi connectivity index (χ0n) is 13.8. The van der Waals surface area contributed by atoms with Gasteiger partial charge < -0.3 is 10.2 Å². The summed E-state index contributed by atoms with van der Waals surface area (Å²) in [4.78, 5) is 5.12. The van der Waals surface area contributed by atoms with Crippen LogP contribution in [0.4, 0.5) is 0 Å². The first-order valence-electron chi connectivity index (χ1n) is 8.07. The number of hydrogen-bond donors (Lipinski definition) is 1. The van der Waals surface area contributed by atoms with Crippen LogP contribution in [0.5, 0.6) is 0 Å². The van der Waals surface area contributed by atoms with Gasteiger partial charge in [-0.1, -0.05) is 6.92 Å². The molecule has 1 heterocycles. The second kappa shape index (κ2) is 8.61. The van der Waals surface area contributed by atoms with Crippen molar-refractivity contribution in [1.82, 2.24) is 15.1 Å². The van der Waals surface area contributed by atoms with E-state index in [1.165, 1.54) is 45.4 Å². The van der Waals surface area contributed by atoms with Gasteiger partial charge in [-0.15, -0.1) is 0 Å². The topological polar surface area (TPSA) is 42.3 Å². The minimum absolute atomic E-state index is 0.358. The highest BCUT2D eigenvalue weighted by atomic mass is 15.2. The highest BCUT2D eigenvalue weighted by molar-refractivity contribution is 5.02. The Balaban J connectivity index is 2.34.